The molecule has 27 heavy (non-hydrogen) atoms. The zero-order valence-electron chi connectivity index (χ0n) is 15.7. The Morgan fingerprint density at radius 2 is 2.26 bits per heavy atom. The monoisotopic (exact) mass is 390 g/mol. The maximum Gasteiger partial charge on any atom is 0.223 e. The highest BCUT2D eigenvalue weighted by atomic mass is 32.1. The lowest BCUT2D eigenvalue weighted by Gasteiger charge is -2.26. The van der Waals surface area contributed by atoms with E-state index < -0.39 is 0 Å². The van der Waals surface area contributed by atoms with Crippen molar-refractivity contribution in [2.24, 2.45) is 5.92 Å². The number of nitrogens with one attached hydrogen (secondary N) is 1. The first kappa shape index (κ1) is 18.4. The standard InChI is InChI=1S/C18H26N6O2S/c1-2-23-12-20-22-16(23)5-6-19-17(25)13-3-4-15-14(11-13)21-18(27-15)24-7-9-26-10-8-24/h12-13H,2-11H2,1H3,(H,19,25). The Morgan fingerprint density at radius 1 is 1.41 bits per heavy atom. The minimum Gasteiger partial charge on any atom is -0.378 e. The van der Waals surface area contributed by atoms with E-state index in [1.165, 1.54) is 4.88 Å². The summed E-state index contributed by atoms with van der Waals surface area (Å²) in [5, 5.41) is 12.2. The normalized spacial score (nSPS) is 19.7. The first-order valence-corrected chi connectivity index (χ1v) is 10.5. The van der Waals surface area contributed by atoms with Gasteiger partial charge in [0, 0.05) is 49.8 Å². The van der Waals surface area contributed by atoms with E-state index in [9.17, 15) is 4.79 Å². The van der Waals surface area contributed by atoms with Crippen molar-refractivity contribution in [2.75, 3.05) is 37.7 Å². The maximum atomic E-state index is 12.6. The van der Waals surface area contributed by atoms with Crippen LogP contribution in [-0.2, 0) is 35.3 Å². The van der Waals surface area contributed by atoms with Gasteiger partial charge in [-0.05, 0) is 19.8 Å². The van der Waals surface area contributed by atoms with Crippen LogP contribution in [-0.4, -0.2) is 58.5 Å². The van der Waals surface area contributed by atoms with E-state index >= 15 is 0 Å². The predicted octanol–water partition coefficient (Wildman–Crippen LogP) is 1.05. The summed E-state index contributed by atoms with van der Waals surface area (Å²) in [6.45, 7) is 6.83. The van der Waals surface area contributed by atoms with Crippen molar-refractivity contribution in [3.8, 4) is 0 Å². The number of carbonyl (C=O) groups excluding carboxylic acids is 1. The number of thiazole rings is 1. The Labute approximate surface area is 162 Å². The summed E-state index contributed by atoms with van der Waals surface area (Å²) in [7, 11) is 0. The first-order chi connectivity index (χ1) is 13.2. The first-order valence-electron chi connectivity index (χ1n) is 9.70. The molecule has 1 saturated heterocycles. The van der Waals surface area contributed by atoms with Crippen molar-refractivity contribution in [1.82, 2.24) is 25.1 Å². The molecule has 146 valence electrons. The molecule has 1 N–H and O–H groups in total. The van der Waals surface area contributed by atoms with E-state index in [-0.39, 0.29) is 11.8 Å². The molecule has 1 amide bonds. The summed E-state index contributed by atoms with van der Waals surface area (Å²) < 4.78 is 7.42. The number of hydrogen-bond donors (Lipinski definition) is 1. The van der Waals surface area contributed by atoms with Gasteiger partial charge in [-0.2, -0.15) is 0 Å². The molecule has 8 nitrogen and oxygen atoms in total. The van der Waals surface area contributed by atoms with E-state index in [1.807, 2.05) is 4.57 Å². The fraction of sp³-hybridized carbons (Fsp3) is 0.667. The molecule has 0 bridgehead atoms. The third kappa shape index (κ3) is 4.14. The van der Waals surface area contributed by atoms with Crippen LogP contribution < -0.4 is 10.2 Å². The molecule has 4 rings (SSSR count). The number of morpholine rings is 1. The van der Waals surface area contributed by atoms with Crippen molar-refractivity contribution in [3.05, 3.63) is 22.7 Å². The third-order valence-electron chi connectivity index (χ3n) is 5.26. The van der Waals surface area contributed by atoms with E-state index in [0.29, 0.717) is 13.0 Å². The van der Waals surface area contributed by atoms with Crippen LogP contribution in [0.4, 0.5) is 5.13 Å². The van der Waals surface area contributed by atoms with Crippen molar-refractivity contribution in [2.45, 2.75) is 39.2 Å². The summed E-state index contributed by atoms with van der Waals surface area (Å²) in [6.07, 6.45) is 5.02. The van der Waals surface area contributed by atoms with Crippen molar-refractivity contribution >= 4 is 22.4 Å². The Hall–Kier alpha value is -2.00. The number of carbonyl (C=O) groups is 1. The second-order valence-electron chi connectivity index (χ2n) is 6.98. The summed E-state index contributed by atoms with van der Waals surface area (Å²) in [6, 6.07) is 0. The topological polar surface area (TPSA) is 85.2 Å². The van der Waals surface area contributed by atoms with E-state index in [0.717, 1.165) is 68.8 Å². The van der Waals surface area contributed by atoms with Crippen molar-refractivity contribution in [1.29, 1.82) is 0 Å². The van der Waals surface area contributed by atoms with E-state index in [2.05, 4.69) is 27.3 Å². The number of ether oxygens (including phenoxy) is 1. The molecule has 3 heterocycles. The zero-order chi connectivity index (χ0) is 18.6. The number of anilines is 1. The molecule has 1 fully saturated rings. The molecule has 9 heteroatoms. The lowest BCUT2D eigenvalue weighted by atomic mass is 9.90. The maximum absolute atomic E-state index is 12.6. The van der Waals surface area contributed by atoms with Crippen molar-refractivity contribution in [3.63, 3.8) is 0 Å². The Bertz CT molecular complexity index is 783. The lowest BCUT2D eigenvalue weighted by molar-refractivity contribution is -0.125. The van der Waals surface area contributed by atoms with Crippen LogP contribution in [0.2, 0.25) is 0 Å². The molecule has 1 unspecified atom stereocenters. The summed E-state index contributed by atoms with van der Waals surface area (Å²) in [5.74, 6) is 1.06. The van der Waals surface area contributed by atoms with Crippen LogP contribution >= 0.6 is 11.3 Å². The molecule has 1 aliphatic heterocycles. The quantitative estimate of drug-likeness (QED) is 0.794. The molecule has 2 aromatic heterocycles. The predicted molar refractivity (Wildman–Crippen MR) is 103 cm³/mol. The van der Waals surface area contributed by atoms with E-state index in [4.69, 9.17) is 9.72 Å². The summed E-state index contributed by atoms with van der Waals surface area (Å²) >= 11 is 1.79. The number of rotatable bonds is 6. The van der Waals surface area contributed by atoms with Gasteiger partial charge in [0.25, 0.3) is 0 Å². The highest BCUT2D eigenvalue weighted by Crippen LogP contribution is 2.34. The van der Waals surface area contributed by atoms with Crippen LogP contribution in [0.25, 0.3) is 0 Å². The summed E-state index contributed by atoms with van der Waals surface area (Å²) in [4.78, 5) is 21.1. The molecule has 0 saturated carbocycles. The second kappa shape index (κ2) is 8.35. The minimum absolute atomic E-state index is 0.0150. The highest BCUT2D eigenvalue weighted by molar-refractivity contribution is 7.15. The van der Waals surface area contributed by atoms with E-state index in [1.54, 1.807) is 17.7 Å². The molecule has 2 aromatic rings. The van der Waals surface area contributed by atoms with Crippen LogP contribution in [0.3, 0.4) is 0 Å². The Balaban J connectivity index is 1.30. The van der Waals surface area contributed by atoms with Gasteiger partial charge >= 0.3 is 0 Å². The third-order valence-corrected chi connectivity index (χ3v) is 6.48. The van der Waals surface area contributed by atoms with Gasteiger partial charge in [-0.3, -0.25) is 4.79 Å². The molecule has 2 aliphatic rings. The Kier molecular flexibility index (Phi) is 5.68. The number of hydrogen-bond acceptors (Lipinski definition) is 7. The zero-order valence-corrected chi connectivity index (χ0v) is 16.5. The molecule has 0 aromatic carbocycles. The number of nitrogens with zero attached hydrogens (tertiary/aromatic N) is 5. The van der Waals surface area contributed by atoms with Gasteiger partial charge in [-0.1, -0.05) is 0 Å². The fourth-order valence-electron chi connectivity index (χ4n) is 3.66. The van der Waals surface area contributed by atoms with Crippen molar-refractivity contribution < 1.29 is 9.53 Å². The Morgan fingerprint density at radius 3 is 3.07 bits per heavy atom. The molecular weight excluding hydrogens is 364 g/mol. The highest BCUT2D eigenvalue weighted by Gasteiger charge is 2.28. The molecule has 0 spiro atoms. The van der Waals surface area contributed by atoms with Crippen LogP contribution in [0, 0.1) is 5.92 Å². The number of fused-ring (bicyclic) bond motifs is 1. The number of aryl methyl sites for hydroxylation is 2. The van der Waals surface area contributed by atoms with Gasteiger partial charge in [0.1, 0.15) is 12.2 Å². The van der Waals surface area contributed by atoms with Crippen LogP contribution in [0.5, 0.6) is 0 Å². The second-order valence-corrected chi connectivity index (χ2v) is 8.04. The SMILES string of the molecule is CCn1cnnc1CCNC(=O)C1CCc2sc(N3CCOCC3)nc2C1. The van der Waals surface area contributed by atoms with Gasteiger partial charge in [0.2, 0.25) is 5.91 Å². The van der Waals surface area contributed by atoms with Gasteiger partial charge in [0.15, 0.2) is 5.13 Å². The minimum atomic E-state index is 0.0150. The largest absolute Gasteiger partial charge is 0.378 e. The molecule has 1 aliphatic carbocycles. The smallest absolute Gasteiger partial charge is 0.223 e. The van der Waals surface area contributed by atoms with Gasteiger partial charge in [0.05, 0.1) is 18.9 Å². The van der Waals surface area contributed by atoms with Gasteiger partial charge < -0.3 is 19.5 Å². The number of amides is 1. The fourth-order valence-corrected chi connectivity index (χ4v) is 4.81. The van der Waals surface area contributed by atoms with Gasteiger partial charge in [-0.15, -0.1) is 21.5 Å². The lowest BCUT2D eigenvalue weighted by Crippen LogP contribution is -2.36. The van der Waals surface area contributed by atoms with Crippen LogP contribution in [0.1, 0.15) is 29.7 Å². The average molecular weight is 391 g/mol. The summed E-state index contributed by atoms with van der Waals surface area (Å²) in [5.41, 5.74) is 1.11. The van der Waals surface area contributed by atoms with Crippen LogP contribution in [0.15, 0.2) is 6.33 Å². The molecule has 1 atom stereocenters. The number of aromatic nitrogens is 4. The van der Waals surface area contributed by atoms with Gasteiger partial charge in [-0.25, -0.2) is 4.98 Å². The average Bonchev–Trinajstić information content (AvgIpc) is 3.34. The molecule has 0 radical (unpaired) electrons. The molecular formula is C18H26N6O2S.